The zero-order valence-electron chi connectivity index (χ0n) is 12.0. The molecule has 0 aromatic heterocycles. The van der Waals surface area contributed by atoms with Gasteiger partial charge >= 0.3 is 0 Å². The molecule has 0 radical (unpaired) electrons. The van der Waals surface area contributed by atoms with Crippen molar-refractivity contribution in [3.63, 3.8) is 0 Å². The molecule has 1 unspecified atom stereocenters. The number of nitrogens with one attached hydrogen (secondary N) is 1. The molecule has 2 aliphatic heterocycles. The highest BCUT2D eigenvalue weighted by Gasteiger charge is 2.33. The van der Waals surface area contributed by atoms with Crippen molar-refractivity contribution in [3.05, 3.63) is 29.8 Å². The van der Waals surface area contributed by atoms with Gasteiger partial charge in [-0.3, -0.25) is 4.79 Å². The number of piperidine rings is 1. The van der Waals surface area contributed by atoms with Gasteiger partial charge in [-0.15, -0.1) is 11.8 Å². The average Bonchev–Trinajstić information content (AvgIpc) is 2.93. The highest BCUT2D eigenvalue weighted by atomic mass is 32.2. The summed E-state index contributed by atoms with van der Waals surface area (Å²) in [5.74, 6) is 0.334. The van der Waals surface area contributed by atoms with Crippen LogP contribution in [0.1, 0.15) is 25.3 Å². The van der Waals surface area contributed by atoms with E-state index in [4.69, 9.17) is 0 Å². The lowest BCUT2D eigenvalue weighted by Gasteiger charge is -2.35. The van der Waals surface area contributed by atoms with Crippen molar-refractivity contribution in [3.8, 4) is 0 Å². The van der Waals surface area contributed by atoms with Crippen LogP contribution in [0.2, 0.25) is 0 Å². The van der Waals surface area contributed by atoms with E-state index in [-0.39, 0.29) is 5.25 Å². The molecule has 3 rings (SSSR count). The quantitative estimate of drug-likeness (QED) is 0.927. The Labute approximate surface area is 125 Å². The fourth-order valence-electron chi connectivity index (χ4n) is 3.22. The molecule has 1 amide bonds. The third kappa shape index (κ3) is 2.72. The topological polar surface area (TPSA) is 32.3 Å². The Balaban J connectivity index is 1.69. The second kappa shape index (κ2) is 6.19. The number of benzene rings is 1. The van der Waals surface area contributed by atoms with E-state index in [1.54, 1.807) is 11.8 Å². The van der Waals surface area contributed by atoms with Crippen LogP contribution in [-0.2, 0) is 11.2 Å². The van der Waals surface area contributed by atoms with E-state index < -0.39 is 0 Å². The number of hydrogen-bond acceptors (Lipinski definition) is 3. The lowest BCUT2D eigenvalue weighted by atomic mass is 10.0. The van der Waals surface area contributed by atoms with Gasteiger partial charge in [0, 0.05) is 17.5 Å². The lowest BCUT2D eigenvalue weighted by Crippen LogP contribution is -2.48. The summed E-state index contributed by atoms with van der Waals surface area (Å²) in [6, 6.07) is 8.84. The Hall–Kier alpha value is -1.00. The highest BCUT2D eigenvalue weighted by Crippen LogP contribution is 2.38. The van der Waals surface area contributed by atoms with Crippen LogP contribution in [0.5, 0.6) is 0 Å². The summed E-state index contributed by atoms with van der Waals surface area (Å²) in [6.45, 7) is 5.00. The van der Waals surface area contributed by atoms with E-state index in [2.05, 4.69) is 41.4 Å². The van der Waals surface area contributed by atoms with Crippen LogP contribution in [0.4, 0.5) is 0 Å². The lowest BCUT2D eigenvalue weighted by molar-refractivity contribution is -0.133. The van der Waals surface area contributed by atoms with E-state index in [0.717, 1.165) is 38.9 Å². The summed E-state index contributed by atoms with van der Waals surface area (Å²) in [5, 5.41) is 3.46. The molecule has 1 fully saturated rings. The van der Waals surface area contributed by atoms with Gasteiger partial charge in [0.15, 0.2) is 0 Å². The van der Waals surface area contributed by atoms with Crippen molar-refractivity contribution in [2.45, 2.75) is 42.4 Å². The summed E-state index contributed by atoms with van der Waals surface area (Å²) in [5.41, 5.74) is 1.33. The predicted octanol–water partition coefficient (Wildman–Crippen LogP) is 2.30. The Bertz CT molecular complexity index is 460. The fraction of sp³-hybridized carbons (Fsp3) is 0.562. The molecule has 1 saturated heterocycles. The van der Waals surface area contributed by atoms with Gasteiger partial charge in [-0.2, -0.15) is 0 Å². The van der Waals surface area contributed by atoms with Gasteiger partial charge in [0.1, 0.15) is 0 Å². The molecule has 1 N–H and O–H groups in total. The maximum absolute atomic E-state index is 12.8. The fourth-order valence-corrected chi connectivity index (χ4v) is 4.48. The molecule has 4 heteroatoms. The molecular formula is C16H22N2OS. The first-order valence-electron chi connectivity index (χ1n) is 7.55. The Morgan fingerprint density at radius 2 is 2.10 bits per heavy atom. The van der Waals surface area contributed by atoms with Crippen molar-refractivity contribution < 1.29 is 4.79 Å². The number of carbonyl (C=O) groups is 1. The van der Waals surface area contributed by atoms with Gasteiger partial charge in [-0.1, -0.05) is 18.2 Å². The van der Waals surface area contributed by atoms with E-state index in [1.165, 1.54) is 10.5 Å². The molecule has 0 saturated carbocycles. The Morgan fingerprint density at radius 3 is 2.80 bits per heavy atom. The van der Waals surface area contributed by atoms with Crippen LogP contribution < -0.4 is 5.32 Å². The van der Waals surface area contributed by atoms with Crippen LogP contribution in [0.3, 0.4) is 0 Å². The standard InChI is InChI=1S/C16H22N2OS/c1-2-18(13-7-9-17-10-8-13)16(19)15-11-12-5-3-4-6-14(12)20-15/h3-6,13,15,17H,2,7-11H2,1H3. The second-order valence-electron chi connectivity index (χ2n) is 5.52. The average molecular weight is 290 g/mol. The molecule has 0 aliphatic carbocycles. The third-order valence-corrected chi connectivity index (χ3v) is 5.60. The summed E-state index contributed by atoms with van der Waals surface area (Å²) in [7, 11) is 0. The molecule has 0 bridgehead atoms. The van der Waals surface area contributed by atoms with Crippen molar-refractivity contribution in [1.29, 1.82) is 0 Å². The molecule has 3 nitrogen and oxygen atoms in total. The first kappa shape index (κ1) is 14.0. The molecule has 108 valence electrons. The van der Waals surface area contributed by atoms with E-state index in [0.29, 0.717) is 11.9 Å². The van der Waals surface area contributed by atoms with Crippen LogP contribution in [0, 0.1) is 0 Å². The van der Waals surface area contributed by atoms with Crippen molar-refractivity contribution in [1.82, 2.24) is 10.2 Å². The summed E-state index contributed by atoms with van der Waals surface area (Å²) in [6.07, 6.45) is 3.06. The number of amides is 1. The maximum Gasteiger partial charge on any atom is 0.236 e. The molecule has 2 heterocycles. The Morgan fingerprint density at radius 1 is 1.35 bits per heavy atom. The van der Waals surface area contributed by atoms with E-state index in [1.807, 2.05) is 0 Å². The van der Waals surface area contributed by atoms with Crippen LogP contribution >= 0.6 is 11.8 Å². The van der Waals surface area contributed by atoms with Crippen molar-refractivity contribution in [2.24, 2.45) is 0 Å². The molecule has 1 aromatic carbocycles. The maximum atomic E-state index is 12.8. The van der Waals surface area contributed by atoms with Gasteiger partial charge in [0.2, 0.25) is 5.91 Å². The van der Waals surface area contributed by atoms with Gasteiger partial charge in [-0.05, 0) is 50.9 Å². The number of rotatable bonds is 3. The smallest absolute Gasteiger partial charge is 0.236 e. The third-order valence-electron chi connectivity index (χ3n) is 4.30. The number of hydrogen-bond donors (Lipinski definition) is 1. The number of carbonyl (C=O) groups excluding carboxylic acids is 1. The van der Waals surface area contributed by atoms with Crippen LogP contribution in [-0.4, -0.2) is 41.7 Å². The summed E-state index contributed by atoms with van der Waals surface area (Å²) >= 11 is 1.75. The molecule has 1 atom stereocenters. The van der Waals surface area contributed by atoms with Gasteiger partial charge in [0.25, 0.3) is 0 Å². The zero-order chi connectivity index (χ0) is 13.9. The summed E-state index contributed by atoms with van der Waals surface area (Å²) < 4.78 is 0. The molecule has 0 spiro atoms. The van der Waals surface area contributed by atoms with Crippen LogP contribution in [0.25, 0.3) is 0 Å². The van der Waals surface area contributed by atoms with Gasteiger partial charge < -0.3 is 10.2 Å². The highest BCUT2D eigenvalue weighted by molar-refractivity contribution is 8.01. The summed E-state index contributed by atoms with van der Waals surface area (Å²) in [4.78, 5) is 16.2. The molecule has 1 aromatic rings. The van der Waals surface area contributed by atoms with Crippen molar-refractivity contribution in [2.75, 3.05) is 19.6 Å². The largest absolute Gasteiger partial charge is 0.339 e. The normalized spacial score (nSPS) is 22.6. The first-order chi connectivity index (χ1) is 9.79. The minimum Gasteiger partial charge on any atom is -0.339 e. The predicted molar refractivity (Wildman–Crippen MR) is 83.1 cm³/mol. The van der Waals surface area contributed by atoms with Crippen molar-refractivity contribution >= 4 is 17.7 Å². The number of thioether (sulfide) groups is 1. The zero-order valence-corrected chi connectivity index (χ0v) is 12.8. The van der Waals surface area contributed by atoms with E-state index >= 15 is 0 Å². The van der Waals surface area contributed by atoms with Gasteiger partial charge in [-0.25, -0.2) is 0 Å². The number of nitrogens with zero attached hydrogens (tertiary/aromatic N) is 1. The minimum atomic E-state index is 0.0854. The molecular weight excluding hydrogens is 268 g/mol. The Kier molecular flexibility index (Phi) is 4.32. The first-order valence-corrected chi connectivity index (χ1v) is 8.43. The SMILES string of the molecule is CCN(C(=O)C1Cc2ccccc2S1)C1CCNCC1. The van der Waals surface area contributed by atoms with Crippen LogP contribution in [0.15, 0.2) is 29.2 Å². The molecule has 20 heavy (non-hydrogen) atoms. The molecule has 2 aliphatic rings. The van der Waals surface area contributed by atoms with E-state index in [9.17, 15) is 4.79 Å². The second-order valence-corrected chi connectivity index (χ2v) is 6.77. The van der Waals surface area contributed by atoms with Gasteiger partial charge in [0.05, 0.1) is 5.25 Å². The number of fused-ring (bicyclic) bond motifs is 1. The monoisotopic (exact) mass is 290 g/mol. The minimum absolute atomic E-state index is 0.0854.